The average Bonchev–Trinajstić information content (AvgIpc) is 2.52. The van der Waals surface area contributed by atoms with Crippen LogP contribution in [0.1, 0.15) is 15.9 Å². The summed E-state index contributed by atoms with van der Waals surface area (Å²) in [5.41, 5.74) is 5.48. The summed E-state index contributed by atoms with van der Waals surface area (Å²) in [4.78, 5) is 22.6. The number of hydrogen-bond donors (Lipinski definition) is 2. The van der Waals surface area contributed by atoms with Gasteiger partial charge >= 0.3 is 6.09 Å². The number of nitrogens with two attached hydrogens (primary N) is 1. The summed E-state index contributed by atoms with van der Waals surface area (Å²) in [7, 11) is 0. The molecule has 3 N–H and O–H groups in total. The van der Waals surface area contributed by atoms with E-state index in [1.54, 1.807) is 30.3 Å². The number of ether oxygens (including phenoxy) is 2. The largest absolute Gasteiger partial charge is 0.507 e. The lowest BCUT2D eigenvalue weighted by molar-refractivity contribution is 0.103. The van der Waals surface area contributed by atoms with E-state index in [1.807, 2.05) is 6.07 Å². The second kappa shape index (κ2) is 7.12. The number of rotatable bonds is 6. The zero-order valence-corrected chi connectivity index (χ0v) is 11.7. The third-order valence-electron chi connectivity index (χ3n) is 2.85. The van der Waals surface area contributed by atoms with E-state index in [2.05, 4.69) is 4.74 Å². The molecule has 0 radical (unpaired) electrons. The van der Waals surface area contributed by atoms with Crippen LogP contribution in [0.15, 0.2) is 48.5 Å². The minimum atomic E-state index is -0.879. The first-order valence-corrected chi connectivity index (χ1v) is 6.55. The van der Waals surface area contributed by atoms with Crippen molar-refractivity contribution in [2.75, 3.05) is 13.2 Å². The Morgan fingerprint density at radius 1 is 1.05 bits per heavy atom. The molecule has 0 spiro atoms. The Bertz CT molecular complexity index is 669. The number of aromatic hydroxyl groups is 1. The summed E-state index contributed by atoms with van der Waals surface area (Å²) in [6.45, 7) is 0.0924. The number of primary amides is 1. The molecule has 0 unspecified atom stereocenters. The van der Waals surface area contributed by atoms with E-state index in [0.717, 1.165) is 0 Å². The lowest BCUT2D eigenvalue weighted by Crippen LogP contribution is -2.17. The Hall–Kier alpha value is -3.02. The lowest BCUT2D eigenvalue weighted by Gasteiger charge is -2.09. The van der Waals surface area contributed by atoms with Gasteiger partial charge in [0.2, 0.25) is 0 Å². The SMILES string of the molecule is NC(=O)OCCOc1ccc(C(=O)c2ccccc2)c(O)c1. The number of benzene rings is 2. The Kier molecular flexibility index (Phi) is 4.98. The van der Waals surface area contributed by atoms with Gasteiger partial charge in [-0.15, -0.1) is 0 Å². The van der Waals surface area contributed by atoms with Crippen LogP contribution in [0.25, 0.3) is 0 Å². The van der Waals surface area contributed by atoms with E-state index in [4.69, 9.17) is 10.5 Å². The lowest BCUT2D eigenvalue weighted by atomic mass is 10.0. The second-order valence-electron chi connectivity index (χ2n) is 4.39. The molecule has 0 aliphatic rings. The molecule has 2 rings (SSSR count). The van der Waals surface area contributed by atoms with Crippen molar-refractivity contribution in [3.8, 4) is 11.5 Å². The number of ketones is 1. The van der Waals surface area contributed by atoms with Gasteiger partial charge in [-0.2, -0.15) is 0 Å². The number of phenolic OH excluding ortho intramolecular Hbond substituents is 1. The second-order valence-corrected chi connectivity index (χ2v) is 4.39. The fraction of sp³-hybridized carbons (Fsp3) is 0.125. The summed E-state index contributed by atoms with van der Waals surface area (Å²) in [6.07, 6.45) is -0.879. The first-order valence-electron chi connectivity index (χ1n) is 6.55. The molecular formula is C16H15NO5. The molecule has 0 bridgehead atoms. The molecule has 6 nitrogen and oxygen atoms in total. The quantitative estimate of drug-likeness (QED) is 0.629. The highest BCUT2D eigenvalue weighted by molar-refractivity contribution is 6.10. The predicted molar refractivity (Wildman–Crippen MR) is 79.0 cm³/mol. The Morgan fingerprint density at radius 3 is 2.41 bits per heavy atom. The summed E-state index contributed by atoms with van der Waals surface area (Å²) < 4.78 is 9.78. The zero-order chi connectivity index (χ0) is 15.9. The first-order chi connectivity index (χ1) is 10.6. The van der Waals surface area contributed by atoms with E-state index in [9.17, 15) is 14.7 Å². The molecule has 1 amide bonds. The van der Waals surface area contributed by atoms with Crippen molar-refractivity contribution in [3.05, 3.63) is 59.7 Å². The van der Waals surface area contributed by atoms with Gasteiger partial charge in [-0.3, -0.25) is 4.79 Å². The van der Waals surface area contributed by atoms with Crippen LogP contribution in [-0.4, -0.2) is 30.2 Å². The number of carbonyl (C=O) groups is 2. The van der Waals surface area contributed by atoms with Crippen LogP contribution in [0.5, 0.6) is 11.5 Å². The van der Waals surface area contributed by atoms with Crippen molar-refractivity contribution < 1.29 is 24.2 Å². The zero-order valence-electron chi connectivity index (χ0n) is 11.7. The summed E-state index contributed by atoms with van der Waals surface area (Å²) in [5.74, 6) is -0.0981. The Morgan fingerprint density at radius 2 is 1.77 bits per heavy atom. The standard InChI is InChI=1S/C16H15NO5/c17-16(20)22-9-8-21-12-6-7-13(14(18)10-12)15(19)11-4-2-1-3-5-11/h1-7,10,18H,8-9H2,(H2,17,20). The van der Waals surface area contributed by atoms with Crippen molar-refractivity contribution in [3.63, 3.8) is 0 Å². The first kappa shape index (κ1) is 15.4. The minimum absolute atomic E-state index is 0.000786. The van der Waals surface area contributed by atoms with Crippen LogP contribution < -0.4 is 10.5 Å². The third-order valence-corrected chi connectivity index (χ3v) is 2.85. The number of hydrogen-bond acceptors (Lipinski definition) is 5. The van der Waals surface area contributed by atoms with E-state index >= 15 is 0 Å². The third kappa shape index (κ3) is 3.99. The maximum atomic E-state index is 12.2. The molecule has 0 aliphatic heterocycles. The van der Waals surface area contributed by atoms with E-state index in [-0.39, 0.29) is 30.3 Å². The number of amides is 1. The van der Waals surface area contributed by atoms with Crippen molar-refractivity contribution in [1.29, 1.82) is 0 Å². The maximum absolute atomic E-state index is 12.2. The molecule has 0 aliphatic carbocycles. The van der Waals surface area contributed by atoms with Gasteiger partial charge in [0, 0.05) is 11.6 Å². The molecule has 22 heavy (non-hydrogen) atoms. The normalized spacial score (nSPS) is 10.0. The van der Waals surface area contributed by atoms with Crippen LogP contribution in [0.2, 0.25) is 0 Å². The van der Waals surface area contributed by atoms with Gasteiger partial charge in [-0.25, -0.2) is 4.79 Å². The highest BCUT2D eigenvalue weighted by Gasteiger charge is 2.14. The topological polar surface area (TPSA) is 98.9 Å². The Labute approximate surface area is 127 Å². The predicted octanol–water partition coefficient (Wildman–Crippen LogP) is 2.10. The summed E-state index contributed by atoms with van der Waals surface area (Å²) >= 11 is 0. The summed E-state index contributed by atoms with van der Waals surface area (Å²) in [6, 6.07) is 13.0. The molecule has 114 valence electrons. The fourth-order valence-electron chi connectivity index (χ4n) is 1.84. The van der Waals surface area contributed by atoms with Gasteiger partial charge in [0.05, 0.1) is 5.56 Å². The molecule has 6 heteroatoms. The molecular weight excluding hydrogens is 286 g/mol. The van der Waals surface area contributed by atoms with Crippen LogP contribution >= 0.6 is 0 Å². The maximum Gasteiger partial charge on any atom is 0.404 e. The molecule has 2 aromatic rings. The highest BCUT2D eigenvalue weighted by Crippen LogP contribution is 2.25. The van der Waals surface area contributed by atoms with Gasteiger partial charge in [0.15, 0.2) is 5.78 Å². The van der Waals surface area contributed by atoms with Gasteiger partial charge in [0.1, 0.15) is 24.7 Å². The smallest absolute Gasteiger partial charge is 0.404 e. The van der Waals surface area contributed by atoms with Gasteiger partial charge < -0.3 is 20.3 Å². The summed E-state index contributed by atoms with van der Waals surface area (Å²) in [5, 5.41) is 9.96. The van der Waals surface area contributed by atoms with E-state index < -0.39 is 6.09 Å². The highest BCUT2D eigenvalue weighted by atomic mass is 16.6. The molecule has 0 saturated heterocycles. The number of phenols is 1. The van der Waals surface area contributed by atoms with Crippen LogP contribution in [-0.2, 0) is 4.74 Å². The minimum Gasteiger partial charge on any atom is -0.507 e. The monoisotopic (exact) mass is 301 g/mol. The van der Waals surface area contributed by atoms with Crippen molar-refractivity contribution >= 4 is 11.9 Å². The molecule has 0 heterocycles. The van der Waals surface area contributed by atoms with Gasteiger partial charge in [-0.05, 0) is 12.1 Å². The molecule has 0 saturated carbocycles. The van der Waals surface area contributed by atoms with E-state index in [1.165, 1.54) is 12.1 Å². The Balaban J connectivity index is 2.03. The van der Waals surface area contributed by atoms with Crippen LogP contribution in [0, 0.1) is 0 Å². The van der Waals surface area contributed by atoms with Gasteiger partial charge in [-0.1, -0.05) is 30.3 Å². The molecule has 0 atom stereocenters. The van der Waals surface area contributed by atoms with Crippen molar-refractivity contribution in [1.82, 2.24) is 0 Å². The van der Waals surface area contributed by atoms with E-state index in [0.29, 0.717) is 11.3 Å². The van der Waals surface area contributed by atoms with Crippen molar-refractivity contribution in [2.45, 2.75) is 0 Å². The van der Waals surface area contributed by atoms with Gasteiger partial charge in [0.25, 0.3) is 0 Å². The number of carbonyl (C=O) groups excluding carboxylic acids is 2. The average molecular weight is 301 g/mol. The molecule has 2 aromatic carbocycles. The van der Waals surface area contributed by atoms with Crippen molar-refractivity contribution in [2.24, 2.45) is 5.73 Å². The van der Waals surface area contributed by atoms with Crippen LogP contribution in [0.4, 0.5) is 4.79 Å². The fourth-order valence-corrected chi connectivity index (χ4v) is 1.84. The molecule has 0 fully saturated rings. The van der Waals surface area contributed by atoms with Crippen LogP contribution in [0.3, 0.4) is 0 Å². The molecule has 0 aromatic heterocycles.